The molecule has 0 amide bonds. The number of anilines is 1. The third-order valence-electron chi connectivity index (χ3n) is 3.08. The Labute approximate surface area is 106 Å². The maximum absolute atomic E-state index is 9.21. The van der Waals surface area contributed by atoms with E-state index < -0.39 is 0 Å². The van der Waals surface area contributed by atoms with E-state index in [0.29, 0.717) is 11.1 Å². The molecule has 1 N–H and O–H groups in total. The molecule has 0 spiro atoms. The van der Waals surface area contributed by atoms with Gasteiger partial charge in [-0.15, -0.1) is 0 Å². The van der Waals surface area contributed by atoms with Gasteiger partial charge in [0.15, 0.2) is 0 Å². The van der Waals surface area contributed by atoms with Gasteiger partial charge in [0.25, 0.3) is 0 Å². The van der Waals surface area contributed by atoms with E-state index >= 15 is 0 Å². The van der Waals surface area contributed by atoms with Crippen LogP contribution in [0.2, 0.25) is 5.02 Å². The SMILES string of the molecule is CCC1COCCN1c1cc(CO)c(Cl)cn1. The Morgan fingerprint density at radius 2 is 2.47 bits per heavy atom. The lowest BCUT2D eigenvalue weighted by atomic mass is 10.1. The van der Waals surface area contributed by atoms with E-state index in [9.17, 15) is 5.11 Å². The normalized spacial score (nSPS) is 20.6. The van der Waals surface area contributed by atoms with Crippen molar-refractivity contribution in [3.63, 3.8) is 0 Å². The van der Waals surface area contributed by atoms with E-state index in [1.54, 1.807) is 6.20 Å². The Morgan fingerprint density at radius 3 is 3.18 bits per heavy atom. The molecular weight excluding hydrogens is 240 g/mol. The number of nitrogens with zero attached hydrogens (tertiary/aromatic N) is 2. The fourth-order valence-corrected chi connectivity index (χ4v) is 2.20. The van der Waals surface area contributed by atoms with Gasteiger partial charge in [-0.1, -0.05) is 18.5 Å². The van der Waals surface area contributed by atoms with E-state index in [2.05, 4.69) is 16.8 Å². The Balaban J connectivity index is 2.25. The quantitative estimate of drug-likeness (QED) is 0.897. The number of hydrogen-bond donors (Lipinski definition) is 1. The van der Waals surface area contributed by atoms with E-state index in [1.165, 1.54) is 0 Å². The molecule has 2 rings (SSSR count). The maximum Gasteiger partial charge on any atom is 0.129 e. The predicted octanol–water partition coefficient (Wildman–Crippen LogP) is 1.84. The monoisotopic (exact) mass is 256 g/mol. The first-order valence-corrected chi connectivity index (χ1v) is 6.23. The molecule has 0 aromatic carbocycles. The molecule has 0 bridgehead atoms. The molecule has 1 aliphatic rings. The third kappa shape index (κ3) is 2.70. The highest BCUT2D eigenvalue weighted by Gasteiger charge is 2.23. The second-order valence-corrected chi connectivity index (χ2v) is 4.53. The van der Waals surface area contributed by atoms with E-state index in [4.69, 9.17) is 16.3 Å². The van der Waals surface area contributed by atoms with Crippen molar-refractivity contribution in [2.45, 2.75) is 26.0 Å². The highest BCUT2D eigenvalue weighted by molar-refractivity contribution is 6.31. The molecule has 1 atom stereocenters. The van der Waals surface area contributed by atoms with Gasteiger partial charge in [-0.3, -0.25) is 0 Å². The summed E-state index contributed by atoms with van der Waals surface area (Å²) in [5.74, 6) is 0.869. The zero-order valence-corrected chi connectivity index (χ0v) is 10.7. The van der Waals surface area contributed by atoms with Gasteiger partial charge < -0.3 is 14.7 Å². The fraction of sp³-hybridized carbons (Fsp3) is 0.583. The summed E-state index contributed by atoms with van der Waals surface area (Å²) >= 11 is 5.94. The number of ether oxygens (including phenoxy) is 1. The Hall–Kier alpha value is -0.840. The largest absolute Gasteiger partial charge is 0.392 e. The van der Waals surface area contributed by atoms with Crippen molar-refractivity contribution in [3.05, 3.63) is 22.8 Å². The number of halogens is 1. The zero-order chi connectivity index (χ0) is 12.3. The van der Waals surface area contributed by atoms with Crippen molar-refractivity contribution in [3.8, 4) is 0 Å². The Morgan fingerprint density at radius 1 is 1.65 bits per heavy atom. The molecule has 94 valence electrons. The summed E-state index contributed by atoms with van der Waals surface area (Å²) in [4.78, 5) is 6.56. The van der Waals surface area contributed by atoms with Crippen LogP contribution in [0.3, 0.4) is 0 Å². The average molecular weight is 257 g/mol. The van der Waals surface area contributed by atoms with Crippen LogP contribution in [0.15, 0.2) is 12.3 Å². The Bertz CT molecular complexity index is 387. The van der Waals surface area contributed by atoms with Gasteiger partial charge in [0.2, 0.25) is 0 Å². The number of morpholine rings is 1. The van der Waals surface area contributed by atoms with Gasteiger partial charge >= 0.3 is 0 Å². The number of hydrogen-bond acceptors (Lipinski definition) is 4. The van der Waals surface area contributed by atoms with Crippen molar-refractivity contribution in [1.29, 1.82) is 0 Å². The van der Waals surface area contributed by atoms with Gasteiger partial charge in [0.05, 0.1) is 30.9 Å². The van der Waals surface area contributed by atoms with Crippen molar-refractivity contribution < 1.29 is 9.84 Å². The summed E-state index contributed by atoms with van der Waals surface area (Å²) in [5, 5.41) is 9.72. The molecule has 1 aromatic rings. The summed E-state index contributed by atoms with van der Waals surface area (Å²) in [5.41, 5.74) is 0.720. The van der Waals surface area contributed by atoms with E-state index in [0.717, 1.165) is 37.6 Å². The molecule has 1 fully saturated rings. The van der Waals surface area contributed by atoms with Gasteiger partial charge in [0, 0.05) is 18.3 Å². The average Bonchev–Trinajstić information content (AvgIpc) is 2.39. The fourth-order valence-electron chi connectivity index (χ4n) is 2.04. The van der Waals surface area contributed by atoms with Crippen molar-refractivity contribution in [2.24, 2.45) is 0 Å². The van der Waals surface area contributed by atoms with Crippen LogP contribution in [0.4, 0.5) is 5.82 Å². The third-order valence-corrected chi connectivity index (χ3v) is 3.42. The Kier molecular flexibility index (Phi) is 4.20. The van der Waals surface area contributed by atoms with Crippen LogP contribution >= 0.6 is 11.6 Å². The zero-order valence-electron chi connectivity index (χ0n) is 9.90. The molecule has 2 heterocycles. The second kappa shape index (κ2) is 5.67. The van der Waals surface area contributed by atoms with E-state index in [-0.39, 0.29) is 6.61 Å². The lowest BCUT2D eigenvalue weighted by molar-refractivity contribution is 0.0925. The van der Waals surface area contributed by atoms with Gasteiger partial charge in [-0.2, -0.15) is 0 Å². The molecular formula is C12H17ClN2O2. The maximum atomic E-state index is 9.21. The molecule has 5 heteroatoms. The van der Waals surface area contributed by atoms with Crippen LogP contribution in [-0.2, 0) is 11.3 Å². The van der Waals surface area contributed by atoms with Crippen LogP contribution in [0.5, 0.6) is 0 Å². The van der Waals surface area contributed by atoms with Crippen LogP contribution < -0.4 is 4.90 Å². The first-order valence-electron chi connectivity index (χ1n) is 5.86. The number of pyridine rings is 1. The molecule has 0 saturated carbocycles. The van der Waals surface area contributed by atoms with Crippen LogP contribution in [0.1, 0.15) is 18.9 Å². The van der Waals surface area contributed by atoms with Crippen molar-refractivity contribution >= 4 is 17.4 Å². The lowest BCUT2D eigenvalue weighted by Gasteiger charge is -2.36. The number of rotatable bonds is 3. The smallest absolute Gasteiger partial charge is 0.129 e. The number of aliphatic hydroxyl groups excluding tert-OH is 1. The minimum atomic E-state index is -0.0600. The first-order chi connectivity index (χ1) is 8.26. The molecule has 0 aliphatic carbocycles. The van der Waals surface area contributed by atoms with Gasteiger partial charge in [-0.05, 0) is 12.5 Å². The van der Waals surface area contributed by atoms with Crippen LogP contribution in [0.25, 0.3) is 0 Å². The lowest BCUT2D eigenvalue weighted by Crippen LogP contribution is -2.45. The summed E-state index contributed by atoms with van der Waals surface area (Å²) in [7, 11) is 0. The molecule has 4 nitrogen and oxygen atoms in total. The summed E-state index contributed by atoms with van der Waals surface area (Å²) in [6.07, 6.45) is 2.61. The molecule has 17 heavy (non-hydrogen) atoms. The first kappa shape index (κ1) is 12.6. The van der Waals surface area contributed by atoms with Gasteiger partial charge in [0.1, 0.15) is 5.82 Å². The molecule has 1 aliphatic heterocycles. The molecule has 0 radical (unpaired) electrons. The van der Waals surface area contributed by atoms with Crippen LogP contribution in [-0.4, -0.2) is 35.9 Å². The van der Waals surface area contributed by atoms with E-state index in [1.807, 2.05) is 6.07 Å². The molecule has 1 unspecified atom stereocenters. The minimum absolute atomic E-state index is 0.0600. The van der Waals surface area contributed by atoms with Crippen LogP contribution in [0, 0.1) is 0 Å². The second-order valence-electron chi connectivity index (χ2n) is 4.12. The standard InChI is InChI=1S/C12H17ClN2O2/c1-2-10-8-17-4-3-15(10)12-5-9(7-16)11(13)6-14-12/h5-6,10,16H,2-4,7-8H2,1H3. The topological polar surface area (TPSA) is 45.6 Å². The number of aromatic nitrogens is 1. The highest BCUT2D eigenvalue weighted by Crippen LogP contribution is 2.24. The minimum Gasteiger partial charge on any atom is -0.392 e. The molecule has 1 aromatic heterocycles. The number of aliphatic hydroxyl groups is 1. The van der Waals surface area contributed by atoms with Crippen molar-refractivity contribution in [2.75, 3.05) is 24.7 Å². The predicted molar refractivity (Wildman–Crippen MR) is 67.4 cm³/mol. The van der Waals surface area contributed by atoms with Crippen molar-refractivity contribution in [1.82, 2.24) is 4.98 Å². The highest BCUT2D eigenvalue weighted by atomic mass is 35.5. The summed E-state index contributed by atoms with van der Waals surface area (Å²) in [6, 6.07) is 2.21. The van der Waals surface area contributed by atoms with Gasteiger partial charge in [-0.25, -0.2) is 4.98 Å². The summed E-state index contributed by atoms with van der Waals surface area (Å²) < 4.78 is 5.46. The summed E-state index contributed by atoms with van der Waals surface area (Å²) in [6.45, 7) is 4.35. The molecule has 1 saturated heterocycles.